The van der Waals surface area contributed by atoms with E-state index >= 15 is 0 Å². The van der Waals surface area contributed by atoms with Gasteiger partial charge in [-0.3, -0.25) is 0 Å². The van der Waals surface area contributed by atoms with Crippen LogP contribution < -0.4 is 15.4 Å². The Bertz CT molecular complexity index is 622. The standard InChI is InChI=1S/C19H26N4O/c1-24-17-10-8-15(9-11-17)13-20-18-12-19(22-14-21-18)23-16-6-4-2-3-5-7-16/h8-12,14,16H,2-7,13H2,1H3,(H2,20,21,22,23). The Hall–Kier alpha value is -2.30. The van der Waals surface area contributed by atoms with Gasteiger partial charge in [0.25, 0.3) is 0 Å². The van der Waals surface area contributed by atoms with E-state index in [0.717, 1.165) is 23.9 Å². The number of aromatic nitrogens is 2. The van der Waals surface area contributed by atoms with Crippen LogP contribution in [0, 0.1) is 0 Å². The summed E-state index contributed by atoms with van der Waals surface area (Å²) in [5, 5.41) is 6.92. The molecule has 0 aliphatic heterocycles. The summed E-state index contributed by atoms with van der Waals surface area (Å²) in [7, 11) is 1.68. The summed E-state index contributed by atoms with van der Waals surface area (Å²) < 4.78 is 5.18. The second-order valence-corrected chi connectivity index (χ2v) is 6.32. The number of rotatable bonds is 6. The minimum Gasteiger partial charge on any atom is -0.497 e. The predicted octanol–water partition coefficient (Wildman–Crippen LogP) is 4.23. The van der Waals surface area contributed by atoms with Crippen molar-refractivity contribution in [2.24, 2.45) is 0 Å². The van der Waals surface area contributed by atoms with E-state index in [4.69, 9.17) is 4.74 Å². The first-order valence-corrected chi connectivity index (χ1v) is 8.79. The highest BCUT2D eigenvalue weighted by atomic mass is 16.5. The normalized spacial score (nSPS) is 15.5. The van der Waals surface area contributed by atoms with Gasteiger partial charge in [0.15, 0.2) is 0 Å². The quantitative estimate of drug-likeness (QED) is 0.778. The molecule has 2 aromatic rings. The number of nitrogens with zero attached hydrogens (tertiary/aromatic N) is 2. The van der Waals surface area contributed by atoms with E-state index < -0.39 is 0 Å². The molecule has 1 aliphatic carbocycles. The average molecular weight is 326 g/mol. The van der Waals surface area contributed by atoms with Crippen LogP contribution in [0.3, 0.4) is 0 Å². The summed E-state index contributed by atoms with van der Waals surface area (Å²) in [4.78, 5) is 8.68. The molecule has 1 aromatic heterocycles. The monoisotopic (exact) mass is 326 g/mol. The largest absolute Gasteiger partial charge is 0.497 e. The molecule has 5 nitrogen and oxygen atoms in total. The molecule has 0 bridgehead atoms. The van der Waals surface area contributed by atoms with Gasteiger partial charge in [-0.1, -0.05) is 37.8 Å². The maximum atomic E-state index is 5.18. The molecule has 24 heavy (non-hydrogen) atoms. The third-order valence-electron chi connectivity index (χ3n) is 4.51. The molecular formula is C19H26N4O. The second kappa shape index (κ2) is 8.52. The number of hydrogen-bond donors (Lipinski definition) is 2. The van der Waals surface area contributed by atoms with Crippen molar-refractivity contribution in [2.75, 3.05) is 17.7 Å². The molecule has 0 atom stereocenters. The summed E-state index contributed by atoms with van der Waals surface area (Å²) >= 11 is 0. The Morgan fingerprint density at radius 3 is 2.42 bits per heavy atom. The molecular weight excluding hydrogens is 300 g/mol. The van der Waals surface area contributed by atoms with Crippen LogP contribution in [0.1, 0.15) is 44.1 Å². The van der Waals surface area contributed by atoms with Crippen LogP contribution in [0.15, 0.2) is 36.7 Å². The number of benzene rings is 1. The lowest BCUT2D eigenvalue weighted by atomic mass is 10.1. The first kappa shape index (κ1) is 16.6. The Morgan fingerprint density at radius 2 is 1.71 bits per heavy atom. The number of hydrogen-bond acceptors (Lipinski definition) is 5. The first-order chi connectivity index (χ1) is 11.8. The van der Waals surface area contributed by atoms with E-state index in [1.54, 1.807) is 13.4 Å². The van der Waals surface area contributed by atoms with Crippen molar-refractivity contribution in [2.45, 2.75) is 51.1 Å². The van der Waals surface area contributed by atoms with Crippen LogP contribution in [0.2, 0.25) is 0 Å². The van der Waals surface area contributed by atoms with Gasteiger partial charge in [-0.2, -0.15) is 0 Å². The Morgan fingerprint density at radius 1 is 1.00 bits per heavy atom. The zero-order chi connectivity index (χ0) is 16.6. The molecule has 3 rings (SSSR count). The number of anilines is 2. The molecule has 1 fully saturated rings. The van der Waals surface area contributed by atoms with Gasteiger partial charge in [0, 0.05) is 18.7 Å². The molecule has 1 aliphatic rings. The van der Waals surface area contributed by atoms with Crippen molar-refractivity contribution in [3.63, 3.8) is 0 Å². The number of ether oxygens (including phenoxy) is 1. The average Bonchev–Trinajstić information content (AvgIpc) is 2.89. The Kier molecular flexibility index (Phi) is 5.88. The SMILES string of the molecule is COc1ccc(CNc2cc(NC3CCCCCC3)ncn2)cc1. The van der Waals surface area contributed by atoms with E-state index in [9.17, 15) is 0 Å². The zero-order valence-electron chi connectivity index (χ0n) is 14.3. The van der Waals surface area contributed by atoms with Crippen molar-refractivity contribution in [1.82, 2.24) is 9.97 Å². The van der Waals surface area contributed by atoms with Crippen LogP contribution in [0.4, 0.5) is 11.6 Å². The maximum absolute atomic E-state index is 5.18. The van der Waals surface area contributed by atoms with Crippen molar-refractivity contribution in [3.05, 3.63) is 42.2 Å². The van der Waals surface area contributed by atoms with Crippen molar-refractivity contribution in [1.29, 1.82) is 0 Å². The van der Waals surface area contributed by atoms with Gasteiger partial charge >= 0.3 is 0 Å². The Balaban J connectivity index is 1.55. The highest BCUT2D eigenvalue weighted by Crippen LogP contribution is 2.21. The van der Waals surface area contributed by atoms with Crippen molar-refractivity contribution < 1.29 is 4.74 Å². The fourth-order valence-electron chi connectivity index (χ4n) is 3.10. The molecule has 5 heteroatoms. The van der Waals surface area contributed by atoms with Crippen molar-refractivity contribution in [3.8, 4) is 5.75 Å². The van der Waals surface area contributed by atoms with Gasteiger partial charge in [-0.25, -0.2) is 9.97 Å². The lowest BCUT2D eigenvalue weighted by Gasteiger charge is -2.17. The van der Waals surface area contributed by atoms with E-state index in [2.05, 4.69) is 32.7 Å². The molecule has 1 aromatic carbocycles. The summed E-state index contributed by atoms with van der Waals surface area (Å²) in [5.41, 5.74) is 1.19. The highest BCUT2D eigenvalue weighted by molar-refractivity contribution is 5.47. The predicted molar refractivity (Wildman–Crippen MR) is 97.5 cm³/mol. The highest BCUT2D eigenvalue weighted by Gasteiger charge is 2.12. The Labute approximate surface area is 143 Å². The van der Waals surface area contributed by atoms with Crippen LogP contribution in [-0.2, 0) is 6.54 Å². The minimum absolute atomic E-state index is 0.539. The van der Waals surface area contributed by atoms with Gasteiger partial charge in [0.2, 0.25) is 0 Å². The van der Waals surface area contributed by atoms with Crippen molar-refractivity contribution >= 4 is 11.6 Å². The van der Waals surface area contributed by atoms with E-state index in [1.165, 1.54) is 44.1 Å². The fourth-order valence-corrected chi connectivity index (χ4v) is 3.10. The third-order valence-corrected chi connectivity index (χ3v) is 4.51. The first-order valence-electron chi connectivity index (χ1n) is 8.79. The minimum atomic E-state index is 0.539. The van der Waals surface area contributed by atoms with Gasteiger partial charge < -0.3 is 15.4 Å². The summed E-state index contributed by atoms with van der Waals surface area (Å²) in [5.74, 6) is 2.63. The summed E-state index contributed by atoms with van der Waals surface area (Å²) in [6.07, 6.45) is 9.43. The van der Waals surface area contributed by atoms with Crippen LogP contribution in [0.25, 0.3) is 0 Å². The molecule has 0 amide bonds. The molecule has 128 valence electrons. The molecule has 1 heterocycles. The van der Waals surface area contributed by atoms with Gasteiger partial charge in [0.05, 0.1) is 7.11 Å². The maximum Gasteiger partial charge on any atom is 0.131 e. The van der Waals surface area contributed by atoms with Crippen LogP contribution in [0.5, 0.6) is 5.75 Å². The fraction of sp³-hybridized carbons (Fsp3) is 0.474. The van der Waals surface area contributed by atoms with Crippen LogP contribution >= 0.6 is 0 Å². The van der Waals surface area contributed by atoms with Gasteiger partial charge in [-0.05, 0) is 30.5 Å². The zero-order valence-corrected chi connectivity index (χ0v) is 14.3. The number of methoxy groups -OCH3 is 1. The van der Waals surface area contributed by atoms with Gasteiger partial charge in [0.1, 0.15) is 23.7 Å². The molecule has 0 spiro atoms. The van der Waals surface area contributed by atoms with E-state index in [-0.39, 0.29) is 0 Å². The third kappa shape index (κ3) is 4.85. The topological polar surface area (TPSA) is 59.1 Å². The molecule has 1 saturated carbocycles. The van der Waals surface area contributed by atoms with Gasteiger partial charge in [-0.15, -0.1) is 0 Å². The molecule has 0 saturated heterocycles. The molecule has 0 unspecified atom stereocenters. The van der Waals surface area contributed by atoms with E-state index in [0.29, 0.717) is 6.04 Å². The smallest absolute Gasteiger partial charge is 0.131 e. The second-order valence-electron chi connectivity index (χ2n) is 6.32. The number of nitrogens with one attached hydrogen (secondary N) is 2. The van der Waals surface area contributed by atoms with Crippen LogP contribution in [-0.4, -0.2) is 23.1 Å². The molecule has 0 radical (unpaired) electrons. The summed E-state index contributed by atoms with van der Waals surface area (Å²) in [6, 6.07) is 10.6. The summed E-state index contributed by atoms with van der Waals surface area (Å²) in [6.45, 7) is 0.726. The molecule has 2 N–H and O–H groups in total. The lowest BCUT2D eigenvalue weighted by Crippen LogP contribution is -2.19. The van der Waals surface area contributed by atoms with E-state index in [1.807, 2.05) is 18.2 Å². The lowest BCUT2D eigenvalue weighted by molar-refractivity contribution is 0.414.